The average molecular weight is 398 g/mol. The summed E-state index contributed by atoms with van der Waals surface area (Å²) in [4.78, 5) is 39.6. The lowest BCUT2D eigenvalue weighted by atomic mass is 10.0. The highest BCUT2D eigenvalue weighted by molar-refractivity contribution is 6.22. The van der Waals surface area contributed by atoms with E-state index in [0.717, 1.165) is 11.1 Å². The van der Waals surface area contributed by atoms with Crippen LogP contribution in [0.3, 0.4) is 0 Å². The molecule has 3 aromatic carbocycles. The summed E-state index contributed by atoms with van der Waals surface area (Å²) in [5, 5.41) is 2.94. The van der Waals surface area contributed by atoms with Gasteiger partial charge in [0, 0.05) is 22.4 Å². The van der Waals surface area contributed by atoms with Crippen molar-refractivity contribution in [1.29, 1.82) is 0 Å². The summed E-state index contributed by atoms with van der Waals surface area (Å²) < 4.78 is 0. The molecular weight excluding hydrogens is 376 g/mol. The van der Waals surface area contributed by atoms with Gasteiger partial charge >= 0.3 is 0 Å². The van der Waals surface area contributed by atoms with Gasteiger partial charge in [0.05, 0.1) is 11.1 Å². The van der Waals surface area contributed by atoms with E-state index in [4.69, 9.17) is 0 Å². The number of benzene rings is 3. The molecular formula is C25H22N2O3. The molecule has 0 fully saturated rings. The minimum atomic E-state index is -0.635. The van der Waals surface area contributed by atoms with Gasteiger partial charge in [-0.1, -0.05) is 48.5 Å². The Morgan fingerprint density at radius 2 is 1.40 bits per heavy atom. The Hall–Kier alpha value is -3.73. The van der Waals surface area contributed by atoms with Crippen molar-refractivity contribution in [2.24, 2.45) is 0 Å². The van der Waals surface area contributed by atoms with E-state index >= 15 is 0 Å². The van der Waals surface area contributed by atoms with Crippen molar-refractivity contribution in [2.45, 2.75) is 26.3 Å². The van der Waals surface area contributed by atoms with Gasteiger partial charge in [-0.3, -0.25) is 19.3 Å². The highest BCUT2D eigenvalue weighted by Crippen LogP contribution is 2.31. The molecule has 4 rings (SSSR count). The van der Waals surface area contributed by atoms with Crippen LogP contribution in [0.5, 0.6) is 0 Å². The zero-order valence-electron chi connectivity index (χ0n) is 17.1. The zero-order valence-corrected chi connectivity index (χ0v) is 17.1. The average Bonchev–Trinajstić information content (AvgIpc) is 2.99. The van der Waals surface area contributed by atoms with E-state index in [-0.39, 0.29) is 23.3 Å². The number of carbonyl (C=O) groups is 3. The molecule has 1 N–H and O–H groups in total. The van der Waals surface area contributed by atoms with E-state index in [2.05, 4.69) is 5.32 Å². The van der Waals surface area contributed by atoms with Gasteiger partial charge in [-0.15, -0.1) is 0 Å². The molecule has 1 heterocycles. The Labute approximate surface area is 175 Å². The summed E-state index contributed by atoms with van der Waals surface area (Å²) in [7, 11) is 0. The lowest BCUT2D eigenvalue weighted by molar-refractivity contribution is 0.0507. The fourth-order valence-electron chi connectivity index (χ4n) is 3.65. The fraction of sp³-hybridized carbons (Fsp3) is 0.160. The third kappa shape index (κ3) is 3.39. The van der Waals surface area contributed by atoms with Crippen molar-refractivity contribution in [2.75, 3.05) is 5.32 Å². The molecule has 0 saturated heterocycles. The van der Waals surface area contributed by atoms with Crippen molar-refractivity contribution in [3.63, 3.8) is 0 Å². The second-order valence-electron chi connectivity index (χ2n) is 8.24. The maximum atomic E-state index is 12.9. The lowest BCUT2D eigenvalue weighted by Gasteiger charge is -2.29. The van der Waals surface area contributed by atoms with Crippen molar-refractivity contribution in [3.8, 4) is 11.1 Å². The Balaban J connectivity index is 1.65. The molecule has 1 aliphatic rings. The Morgan fingerprint density at radius 3 is 2.10 bits per heavy atom. The number of amides is 3. The van der Waals surface area contributed by atoms with Gasteiger partial charge in [-0.25, -0.2) is 0 Å². The second kappa shape index (κ2) is 7.26. The molecule has 0 radical (unpaired) electrons. The highest BCUT2D eigenvalue weighted by Gasteiger charge is 2.42. The van der Waals surface area contributed by atoms with Crippen molar-refractivity contribution >= 4 is 23.4 Å². The fourth-order valence-corrected chi connectivity index (χ4v) is 3.65. The summed E-state index contributed by atoms with van der Waals surface area (Å²) in [6.07, 6.45) is 0. The van der Waals surface area contributed by atoms with Crippen LogP contribution in [0.25, 0.3) is 11.1 Å². The first-order chi connectivity index (χ1) is 14.3. The standard InChI is InChI=1S/C25H22N2O3/c1-25(2,3)27-23(29)19-14-13-17(15-20(19)24(27)30)22(28)26-21-12-8-7-11-18(21)16-9-5-4-6-10-16/h4-15H,1-3H3,(H,26,28). The van der Waals surface area contributed by atoms with Gasteiger partial charge in [-0.05, 0) is 50.6 Å². The number of rotatable bonds is 3. The number of para-hydroxylation sites is 1. The van der Waals surface area contributed by atoms with Crippen LogP contribution >= 0.6 is 0 Å². The van der Waals surface area contributed by atoms with Crippen LogP contribution < -0.4 is 5.32 Å². The van der Waals surface area contributed by atoms with Gasteiger partial charge in [0.15, 0.2) is 0 Å². The summed E-state index contributed by atoms with van der Waals surface area (Å²) in [5.41, 5.74) is 2.85. The number of nitrogens with one attached hydrogen (secondary N) is 1. The van der Waals surface area contributed by atoms with Crippen LogP contribution in [0.1, 0.15) is 51.8 Å². The molecule has 0 spiro atoms. The summed E-state index contributed by atoms with van der Waals surface area (Å²) in [6, 6.07) is 22.0. The van der Waals surface area contributed by atoms with Crippen LogP contribution in [0.4, 0.5) is 5.69 Å². The molecule has 5 nitrogen and oxygen atoms in total. The van der Waals surface area contributed by atoms with Gasteiger partial charge in [0.2, 0.25) is 0 Å². The third-order valence-corrected chi connectivity index (χ3v) is 5.08. The second-order valence-corrected chi connectivity index (χ2v) is 8.24. The van der Waals surface area contributed by atoms with Crippen molar-refractivity contribution in [1.82, 2.24) is 4.90 Å². The molecule has 0 unspecified atom stereocenters. The summed E-state index contributed by atoms with van der Waals surface area (Å²) >= 11 is 0. The van der Waals surface area contributed by atoms with Crippen LogP contribution in [0.15, 0.2) is 72.8 Å². The minimum Gasteiger partial charge on any atom is -0.321 e. The van der Waals surface area contributed by atoms with E-state index in [1.165, 1.54) is 11.0 Å². The summed E-state index contributed by atoms with van der Waals surface area (Å²) in [5.74, 6) is -1.04. The normalized spacial score (nSPS) is 13.4. The van der Waals surface area contributed by atoms with Crippen LogP contribution in [-0.4, -0.2) is 28.2 Å². The monoisotopic (exact) mass is 398 g/mol. The van der Waals surface area contributed by atoms with Crippen LogP contribution in [-0.2, 0) is 0 Å². The minimum absolute atomic E-state index is 0.263. The number of hydrogen-bond acceptors (Lipinski definition) is 3. The Bertz CT molecular complexity index is 1160. The number of nitrogens with zero attached hydrogens (tertiary/aromatic N) is 1. The lowest BCUT2D eigenvalue weighted by Crippen LogP contribution is -2.45. The molecule has 0 bridgehead atoms. The number of anilines is 1. The predicted octanol–water partition coefficient (Wildman–Crippen LogP) is 5.00. The molecule has 3 aromatic rings. The van der Waals surface area contributed by atoms with Gasteiger partial charge in [-0.2, -0.15) is 0 Å². The molecule has 30 heavy (non-hydrogen) atoms. The number of fused-ring (bicyclic) bond motifs is 1. The van der Waals surface area contributed by atoms with Crippen molar-refractivity contribution in [3.05, 3.63) is 89.5 Å². The first-order valence-electron chi connectivity index (χ1n) is 9.76. The van der Waals surface area contributed by atoms with Gasteiger partial charge < -0.3 is 5.32 Å². The van der Waals surface area contributed by atoms with Gasteiger partial charge in [0.25, 0.3) is 17.7 Å². The largest absolute Gasteiger partial charge is 0.321 e. The number of imide groups is 1. The molecule has 1 aliphatic heterocycles. The molecule has 0 aromatic heterocycles. The van der Waals surface area contributed by atoms with E-state index in [9.17, 15) is 14.4 Å². The quantitative estimate of drug-likeness (QED) is 0.632. The zero-order chi connectivity index (χ0) is 21.5. The Morgan fingerprint density at radius 1 is 0.767 bits per heavy atom. The SMILES string of the molecule is CC(C)(C)N1C(=O)c2ccc(C(=O)Nc3ccccc3-c3ccccc3)cc2C1=O. The van der Waals surface area contributed by atoms with E-state index < -0.39 is 5.54 Å². The third-order valence-electron chi connectivity index (χ3n) is 5.08. The topological polar surface area (TPSA) is 66.5 Å². The molecule has 0 aliphatic carbocycles. The number of hydrogen-bond donors (Lipinski definition) is 1. The first kappa shape index (κ1) is 19.6. The maximum absolute atomic E-state index is 12.9. The Kier molecular flexibility index (Phi) is 4.74. The first-order valence-corrected chi connectivity index (χ1v) is 9.76. The molecule has 0 saturated carbocycles. The summed E-state index contributed by atoms with van der Waals surface area (Å²) in [6.45, 7) is 5.43. The van der Waals surface area contributed by atoms with E-state index in [0.29, 0.717) is 16.8 Å². The van der Waals surface area contributed by atoms with E-state index in [1.807, 2.05) is 75.4 Å². The van der Waals surface area contributed by atoms with Crippen molar-refractivity contribution < 1.29 is 14.4 Å². The molecule has 3 amide bonds. The van der Waals surface area contributed by atoms with E-state index in [1.54, 1.807) is 12.1 Å². The number of carbonyl (C=O) groups excluding carboxylic acids is 3. The van der Waals surface area contributed by atoms with Crippen LogP contribution in [0, 0.1) is 0 Å². The van der Waals surface area contributed by atoms with Crippen LogP contribution in [0.2, 0.25) is 0 Å². The highest BCUT2D eigenvalue weighted by atomic mass is 16.2. The smallest absolute Gasteiger partial charge is 0.262 e. The maximum Gasteiger partial charge on any atom is 0.262 e. The predicted molar refractivity (Wildman–Crippen MR) is 117 cm³/mol. The van der Waals surface area contributed by atoms with Gasteiger partial charge in [0.1, 0.15) is 0 Å². The molecule has 0 atom stereocenters. The molecule has 5 heteroatoms. The molecule has 150 valence electrons.